The van der Waals surface area contributed by atoms with E-state index >= 15 is 0 Å². The number of anilines is 1. The quantitative estimate of drug-likeness (QED) is 0.737. The molecule has 0 spiro atoms. The number of nitrogens with one attached hydrogen (secondary N) is 2. The molecule has 1 aromatic heterocycles. The summed E-state index contributed by atoms with van der Waals surface area (Å²) in [5.41, 5.74) is 3.67. The maximum absolute atomic E-state index is 12.8. The Morgan fingerprint density at radius 1 is 1.22 bits per heavy atom. The predicted octanol–water partition coefficient (Wildman–Crippen LogP) is 5.48. The van der Waals surface area contributed by atoms with Crippen molar-refractivity contribution in [2.24, 2.45) is 11.3 Å². The molecule has 4 heteroatoms. The van der Waals surface area contributed by atoms with E-state index in [4.69, 9.17) is 0 Å². The van der Waals surface area contributed by atoms with Gasteiger partial charge in [0, 0.05) is 4.88 Å². The van der Waals surface area contributed by atoms with Crippen molar-refractivity contribution >= 4 is 28.3 Å². The second-order valence-electron chi connectivity index (χ2n) is 8.36. The minimum Gasteiger partial charge on any atom is -0.353 e. The zero-order valence-corrected chi connectivity index (χ0v) is 17.2. The van der Waals surface area contributed by atoms with Crippen LogP contribution in [0.15, 0.2) is 36.4 Å². The normalized spacial score (nSPS) is 22.1. The summed E-state index contributed by atoms with van der Waals surface area (Å²) in [5.74, 6) is 0.768. The molecule has 2 N–H and O–H groups in total. The van der Waals surface area contributed by atoms with Crippen molar-refractivity contribution in [3.8, 4) is 0 Å². The molecule has 0 saturated heterocycles. The molecule has 1 aliphatic heterocycles. The first-order chi connectivity index (χ1) is 13.0. The van der Waals surface area contributed by atoms with Crippen LogP contribution in [-0.4, -0.2) is 12.1 Å². The molecule has 2 heterocycles. The van der Waals surface area contributed by atoms with Gasteiger partial charge in [0.1, 0.15) is 11.2 Å². The monoisotopic (exact) mass is 380 g/mol. The number of rotatable bonds is 4. The Bertz CT molecular complexity index is 866. The molecule has 1 amide bonds. The standard InChI is InChI=1S/C23H28N2OS/c1-4-23(2,3)16-11-12-17-18(14-16)27-22-20(17)21(26)24-19(25-22)13-10-15-8-6-5-7-9-15/h5-10,13,16,19,25H,4,11-12,14H2,1-3H3,(H,24,26)/b13-10+/t16-,19+/m0/s1. The van der Waals surface area contributed by atoms with Crippen LogP contribution in [0.1, 0.15) is 60.0 Å². The molecule has 4 rings (SSSR count). The molecule has 0 unspecified atom stereocenters. The lowest BCUT2D eigenvalue weighted by molar-refractivity contribution is 0.0942. The van der Waals surface area contributed by atoms with Crippen molar-refractivity contribution in [2.45, 2.75) is 52.6 Å². The van der Waals surface area contributed by atoms with E-state index in [-0.39, 0.29) is 12.1 Å². The lowest BCUT2D eigenvalue weighted by atomic mass is 9.69. The van der Waals surface area contributed by atoms with E-state index in [1.807, 2.05) is 24.3 Å². The highest BCUT2D eigenvalue weighted by molar-refractivity contribution is 7.16. The minimum absolute atomic E-state index is 0.0668. The maximum Gasteiger partial charge on any atom is 0.256 e. The summed E-state index contributed by atoms with van der Waals surface area (Å²) in [6.07, 6.45) is 8.43. The van der Waals surface area contributed by atoms with Gasteiger partial charge in [0.15, 0.2) is 0 Å². The number of thiophene rings is 1. The number of fused-ring (bicyclic) bond motifs is 3. The predicted molar refractivity (Wildman–Crippen MR) is 114 cm³/mol. The molecule has 27 heavy (non-hydrogen) atoms. The van der Waals surface area contributed by atoms with Crippen molar-refractivity contribution in [1.29, 1.82) is 0 Å². The van der Waals surface area contributed by atoms with Gasteiger partial charge in [0.05, 0.1) is 5.56 Å². The van der Waals surface area contributed by atoms with Gasteiger partial charge in [-0.3, -0.25) is 4.79 Å². The Balaban J connectivity index is 1.55. The van der Waals surface area contributed by atoms with Crippen LogP contribution in [0, 0.1) is 11.3 Å². The number of amides is 1. The Kier molecular flexibility index (Phi) is 4.85. The smallest absolute Gasteiger partial charge is 0.256 e. The van der Waals surface area contributed by atoms with Crippen LogP contribution in [0.4, 0.5) is 5.00 Å². The Hall–Kier alpha value is -2.07. The van der Waals surface area contributed by atoms with Gasteiger partial charge in [-0.05, 0) is 47.8 Å². The third kappa shape index (κ3) is 3.55. The second kappa shape index (κ2) is 7.16. The lowest BCUT2D eigenvalue weighted by Crippen LogP contribution is -2.43. The highest BCUT2D eigenvalue weighted by Gasteiger charge is 2.36. The molecule has 2 atom stereocenters. The summed E-state index contributed by atoms with van der Waals surface area (Å²) < 4.78 is 0. The maximum atomic E-state index is 12.8. The van der Waals surface area contributed by atoms with Gasteiger partial charge in [0.2, 0.25) is 0 Å². The van der Waals surface area contributed by atoms with Gasteiger partial charge >= 0.3 is 0 Å². The first kappa shape index (κ1) is 18.3. The fourth-order valence-corrected chi connectivity index (χ4v) is 5.50. The minimum atomic E-state index is -0.159. The van der Waals surface area contributed by atoms with E-state index in [0.717, 1.165) is 29.0 Å². The average molecular weight is 381 g/mol. The summed E-state index contributed by atoms with van der Waals surface area (Å²) in [6.45, 7) is 7.05. The number of hydrogen-bond acceptors (Lipinski definition) is 3. The third-order valence-corrected chi connectivity index (χ3v) is 7.55. The lowest BCUT2D eigenvalue weighted by Gasteiger charge is -2.36. The molecular formula is C23H28N2OS. The number of carbonyl (C=O) groups excluding carboxylic acids is 1. The van der Waals surface area contributed by atoms with Crippen LogP contribution in [0.5, 0.6) is 0 Å². The first-order valence-electron chi connectivity index (χ1n) is 9.93. The zero-order chi connectivity index (χ0) is 19.0. The van der Waals surface area contributed by atoms with Gasteiger partial charge in [-0.2, -0.15) is 0 Å². The Morgan fingerprint density at radius 2 is 2.00 bits per heavy atom. The molecule has 142 valence electrons. The molecule has 1 aromatic carbocycles. The molecular weight excluding hydrogens is 352 g/mol. The molecule has 2 aromatic rings. The molecule has 1 aliphatic carbocycles. The molecule has 0 bridgehead atoms. The number of carbonyl (C=O) groups is 1. The van der Waals surface area contributed by atoms with E-state index in [1.165, 1.54) is 23.3 Å². The van der Waals surface area contributed by atoms with Crippen molar-refractivity contribution in [3.05, 3.63) is 58.0 Å². The summed E-state index contributed by atoms with van der Waals surface area (Å²) in [5, 5.41) is 7.67. The van der Waals surface area contributed by atoms with Crippen LogP contribution in [0.25, 0.3) is 6.08 Å². The Morgan fingerprint density at radius 3 is 2.74 bits per heavy atom. The van der Waals surface area contributed by atoms with Gasteiger partial charge in [-0.1, -0.05) is 63.6 Å². The first-order valence-corrected chi connectivity index (χ1v) is 10.7. The molecule has 0 saturated carbocycles. The third-order valence-electron chi connectivity index (χ3n) is 6.36. The zero-order valence-electron chi connectivity index (χ0n) is 16.3. The molecule has 0 radical (unpaired) electrons. The van der Waals surface area contributed by atoms with Gasteiger partial charge < -0.3 is 10.6 Å². The van der Waals surface area contributed by atoms with Gasteiger partial charge in [-0.15, -0.1) is 11.3 Å². The van der Waals surface area contributed by atoms with Crippen LogP contribution in [0.3, 0.4) is 0 Å². The van der Waals surface area contributed by atoms with Crippen molar-refractivity contribution in [2.75, 3.05) is 5.32 Å². The summed E-state index contributed by atoms with van der Waals surface area (Å²) >= 11 is 1.79. The topological polar surface area (TPSA) is 41.1 Å². The van der Waals surface area contributed by atoms with Crippen LogP contribution in [0.2, 0.25) is 0 Å². The van der Waals surface area contributed by atoms with Crippen LogP contribution in [-0.2, 0) is 12.8 Å². The van der Waals surface area contributed by atoms with E-state index in [9.17, 15) is 4.79 Å². The van der Waals surface area contributed by atoms with E-state index in [0.29, 0.717) is 11.3 Å². The molecule has 0 fully saturated rings. The van der Waals surface area contributed by atoms with Gasteiger partial charge in [-0.25, -0.2) is 0 Å². The second-order valence-corrected chi connectivity index (χ2v) is 9.46. The Labute approximate surface area is 165 Å². The largest absolute Gasteiger partial charge is 0.353 e. The highest BCUT2D eigenvalue weighted by Crippen LogP contribution is 2.46. The SMILES string of the molecule is CCC(C)(C)[C@H]1CCc2c(sc3c2C(=O)N[C@@H](/C=C/c2ccccc2)N3)C1. The fraction of sp³-hybridized carbons (Fsp3) is 0.435. The fourth-order valence-electron chi connectivity index (χ4n) is 4.14. The highest BCUT2D eigenvalue weighted by atomic mass is 32.1. The van der Waals surface area contributed by atoms with Crippen molar-refractivity contribution < 1.29 is 4.79 Å². The van der Waals surface area contributed by atoms with Crippen LogP contribution >= 0.6 is 11.3 Å². The van der Waals surface area contributed by atoms with Crippen LogP contribution < -0.4 is 10.6 Å². The number of hydrogen-bond donors (Lipinski definition) is 2. The number of benzene rings is 1. The summed E-state index contributed by atoms with van der Waals surface area (Å²) in [7, 11) is 0. The molecule has 2 aliphatic rings. The average Bonchev–Trinajstić information content (AvgIpc) is 3.05. The van der Waals surface area contributed by atoms with E-state index in [2.05, 4.69) is 49.6 Å². The summed E-state index contributed by atoms with van der Waals surface area (Å²) in [4.78, 5) is 14.2. The van der Waals surface area contributed by atoms with Crippen molar-refractivity contribution in [3.63, 3.8) is 0 Å². The van der Waals surface area contributed by atoms with Crippen molar-refractivity contribution in [1.82, 2.24) is 5.32 Å². The summed E-state index contributed by atoms with van der Waals surface area (Å²) in [6, 6.07) is 10.2. The van der Waals surface area contributed by atoms with Gasteiger partial charge in [0.25, 0.3) is 5.91 Å². The molecule has 3 nitrogen and oxygen atoms in total. The van der Waals surface area contributed by atoms with E-state index in [1.54, 1.807) is 11.3 Å². The van der Waals surface area contributed by atoms with E-state index < -0.39 is 0 Å².